The molecule has 6 heteroatoms. The molecule has 3 heterocycles. The molecule has 3 nitrogen and oxygen atoms in total. The van der Waals surface area contributed by atoms with Crippen molar-refractivity contribution in [2.24, 2.45) is 0 Å². The molecule has 1 saturated heterocycles. The number of amides is 1. The normalized spacial score (nSPS) is 15.5. The van der Waals surface area contributed by atoms with Crippen molar-refractivity contribution in [3.05, 3.63) is 85.9 Å². The number of hydrogen-bond donors (Lipinski definition) is 0. The predicted molar refractivity (Wildman–Crippen MR) is 135 cm³/mol. The number of nitrogens with zero attached hydrogens (tertiary/aromatic N) is 2. The Bertz CT molecular complexity index is 1040. The van der Waals surface area contributed by atoms with Crippen LogP contribution in [0.3, 0.4) is 0 Å². The van der Waals surface area contributed by atoms with Crippen LogP contribution in [0.5, 0.6) is 0 Å². The molecule has 0 unspecified atom stereocenters. The minimum Gasteiger partial charge on any atom is -0.313 e. The van der Waals surface area contributed by atoms with Gasteiger partial charge in [-0.3, -0.25) is 9.69 Å². The molecule has 1 fully saturated rings. The molecule has 0 bridgehead atoms. The molecule has 1 aromatic carbocycles. The van der Waals surface area contributed by atoms with E-state index >= 15 is 0 Å². The standard InChI is InChI=1S/C25H26N2OS3/c1-2-5-19-8-10-20(11-9-19)18-23-24(28)27(15-13-22-7-4-17-31-22)25(29)26(23)14-12-21-6-3-16-30-21/h3-4,6-11,16-18H,2,5,12-15H2,1H3. The third kappa shape index (κ3) is 5.32. The van der Waals surface area contributed by atoms with Gasteiger partial charge in [-0.2, -0.15) is 0 Å². The second kappa shape index (κ2) is 10.4. The molecular formula is C25H26N2OS3. The van der Waals surface area contributed by atoms with Gasteiger partial charge in [-0.05, 0) is 71.6 Å². The molecule has 1 aliphatic heterocycles. The van der Waals surface area contributed by atoms with Crippen LogP contribution < -0.4 is 0 Å². The van der Waals surface area contributed by atoms with Gasteiger partial charge < -0.3 is 4.90 Å². The Morgan fingerprint density at radius 3 is 2.03 bits per heavy atom. The van der Waals surface area contributed by atoms with Gasteiger partial charge in [-0.15, -0.1) is 22.7 Å². The zero-order valence-electron chi connectivity index (χ0n) is 17.6. The molecule has 0 spiro atoms. The summed E-state index contributed by atoms with van der Waals surface area (Å²) >= 11 is 9.24. The van der Waals surface area contributed by atoms with Crippen LogP contribution in [0.1, 0.15) is 34.2 Å². The number of carbonyl (C=O) groups is 1. The molecule has 0 aliphatic carbocycles. The second-order valence-corrected chi connectivity index (χ2v) is 10.0. The summed E-state index contributed by atoms with van der Waals surface area (Å²) in [6.45, 7) is 3.51. The van der Waals surface area contributed by atoms with E-state index < -0.39 is 0 Å². The van der Waals surface area contributed by atoms with E-state index in [-0.39, 0.29) is 5.91 Å². The fourth-order valence-electron chi connectivity index (χ4n) is 3.72. The van der Waals surface area contributed by atoms with Crippen molar-refractivity contribution in [3.8, 4) is 0 Å². The monoisotopic (exact) mass is 466 g/mol. The summed E-state index contributed by atoms with van der Waals surface area (Å²) in [5, 5.41) is 4.78. The highest BCUT2D eigenvalue weighted by atomic mass is 32.1. The first-order valence-electron chi connectivity index (χ1n) is 10.6. The van der Waals surface area contributed by atoms with Gasteiger partial charge in [0, 0.05) is 22.8 Å². The van der Waals surface area contributed by atoms with Gasteiger partial charge in [0.05, 0.1) is 0 Å². The van der Waals surface area contributed by atoms with E-state index in [9.17, 15) is 4.79 Å². The largest absolute Gasteiger partial charge is 0.313 e. The quantitative estimate of drug-likeness (QED) is 0.285. The number of rotatable bonds is 9. The first-order valence-corrected chi connectivity index (χ1v) is 12.8. The van der Waals surface area contributed by atoms with E-state index in [1.54, 1.807) is 27.6 Å². The SMILES string of the molecule is CCCc1ccc(C=C2C(=O)N(CCc3cccs3)C(=S)N2CCc2cccs2)cc1. The lowest BCUT2D eigenvalue weighted by molar-refractivity contribution is -0.122. The van der Waals surface area contributed by atoms with E-state index in [2.05, 4.69) is 60.1 Å². The number of aryl methyl sites for hydroxylation is 1. The molecule has 0 atom stereocenters. The molecule has 1 aliphatic rings. The molecule has 4 rings (SSSR count). The summed E-state index contributed by atoms with van der Waals surface area (Å²) in [6.07, 6.45) is 5.88. The Morgan fingerprint density at radius 1 is 0.871 bits per heavy atom. The zero-order chi connectivity index (χ0) is 21.6. The maximum atomic E-state index is 13.4. The van der Waals surface area contributed by atoms with E-state index in [0.717, 1.165) is 31.2 Å². The van der Waals surface area contributed by atoms with Crippen molar-refractivity contribution in [2.45, 2.75) is 32.6 Å². The third-order valence-electron chi connectivity index (χ3n) is 5.36. The molecule has 0 radical (unpaired) electrons. The molecule has 31 heavy (non-hydrogen) atoms. The maximum absolute atomic E-state index is 13.4. The summed E-state index contributed by atoms with van der Waals surface area (Å²) in [7, 11) is 0. The highest BCUT2D eigenvalue weighted by molar-refractivity contribution is 7.80. The van der Waals surface area contributed by atoms with Gasteiger partial charge in [0.1, 0.15) is 5.70 Å². The van der Waals surface area contributed by atoms with E-state index in [1.165, 1.54) is 15.3 Å². The Hall–Kier alpha value is -2.28. The van der Waals surface area contributed by atoms with Gasteiger partial charge >= 0.3 is 0 Å². The highest BCUT2D eigenvalue weighted by Crippen LogP contribution is 2.26. The number of benzene rings is 1. The van der Waals surface area contributed by atoms with Crippen LogP contribution in [0.15, 0.2) is 65.0 Å². The third-order valence-corrected chi connectivity index (χ3v) is 7.68. The molecule has 0 N–H and O–H groups in total. The van der Waals surface area contributed by atoms with E-state index in [4.69, 9.17) is 12.2 Å². The van der Waals surface area contributed by atoms with Crippen molar-refractivity contribution in [2.75, 3.05) is 13.1 Å². The molecular weight excluding hydrogens is 440 g/mol. The summed E-state index contributed by atoms with van der Waals surface area (Å²) in [4.78, 5) is 19.7. The number of carbonyl (C=O) groups excluding carboxylic acids is 1. The average Bonchev–Trinajstić information content (AvgIpc) is 3.51. The number of thiocarbonyl (C=S) groups is 1. The minimum absolute atomic E-state index is 0.00497. The van der Waals surface area contributed by atoms with Crippen LogP contribution >= 0.6 is 34.9 Å². The molecule has 0 saturated carbocycles. The summed E-state index contributed by atoms with van der Waals surface area (Å²) in [5.41, 5.74) is 3.04. The van der Waals surface area contributed by atoms with Crippen LogP contribution in [-0.2, 0) is 24.1 Å². The Morgan fingerprint density at radius 2 is 1.48 bits per heavy atom. The number of thiophene rings is 2. The van der Waals surface area contributed by atoms with Crippen LogP contribution in [0, 0.1) is 0 Å². The topological polar surface area (TPSA) is 23.6 Å². The van der Waals surface area contributed by atoms with Crippen molar-refractivity contribution < 1.29 is 4.79 Å². The lowest BCUT2D eigenvalue weighted by Gasteiger charge is -2.20. The van der Waals surface area contributed by atoms with Gasteiger partial charge in [0.25, 0.3) is 5.91 Å². The highest BCUT2D eigenvalue weighted by Gasteiger charge is 2.37. The lowest BCUT2D eigenvalue weighted by atomic mass is 10.1. The maximum Gasteiger partial charge on any atom is 0.276 e. The summed E-state index contributed by atoms with van der Waals surface area (Å²) < 4.78 is 0. The van der Waals surface area contributed by atoms with Crippen molar-refractivity contribution >= 4 is 52.0 Å². The van der Waals surface area contributed by atoms with Crippen LogP contribution in [0.25, 0.3) is 6.08 Å². The van der Waals surface area contributed by atoms with E-state index in [0.29, 0.717) is 23.9 Å². The molecule has 1 amide bonds. The minimum atomic E-state index is 0.00497. The Balaban J connectivity index is 1.56. The second-order valence-electron chi connectivity index (χ2n) is 7.57. The molecule has 160 valence electrons. The smallest absolute Gasteiger partial charge is 0.276 e. The Kier molecular flexibility index (Phi) is 7.33. The zero-order valence-corrected chi connectivity index (χ0v) is 20.1. The first kappa shape index (κ1) is 21.9. The Labute approximate surface area is 197 Å². The van der Waals surface area contributed by atoms with Gasteiger partial charge in [-0.1, -0.05) is 49.7 Å². The molecule has 3 aromatic rings. The predicted octanol–water partition coefficient (Wildman–Crippen LogP) is 6.02. The van der Waals surface area contributed by atoms with Crippen LogP contribution in [-0.4, -0.2) is 33.9 Å². The summed E-state index contributed by atoms with van der Waals surface area (Å²) in [6, 6.07) is 16.9. The van der Waals surface area contributed by atoms with Crippen LogP contribution in [0.2, 0.25) is 0 Å². The first-order chi connectivity index (χ1) is 15.2. The van der Waals surface area contributed by atoms with Crippen molar-refractivity contribution in [1.29, 1.82) is 0 Å². The van der Waals surface area contributed by atoms with Gasteiger partial charge in [-0.25, -0.2) is 0 Å². The lowest BCUT2D eigenvalue weighted by Crippen LogP contribution is -2.34. The fourth-order valence-corrected chi connectivity index (χ4v) is 5.48. The van der Waals surface area contributed by atoms with Crippen LogP contribution in [0.4, 0.5) is 0 Å². The van der Waals surface area contributed by atoms with Gasteiger partial charge in [0.2, 0.25) is 0 Å². The van der Waals surface area contributed by atoms with Gasteiger partial charge in [0.15, 0.2) is 5.11 Å². The van der Waals surface area contributed by atoms with Crippen molar-refractivity contribution in [3.63, 3.8) is 0 Å². The number of hydrogen-bond acceptors (Lipinski definition) is 4. The molecule has 2 aromatic heterocycles. The summed E-state index contributed by atoms with van der Waals surface area (Å²) in [5.74, 6) is 0.00497. The van der Waals surface area contributed by atoms with Crippen molar-refractivity contribution in [1.82, 2.24) is 9.80 Å². The van der Waals surface area contributed by atoms with E-state index in [1.807, 2.05) is 17.0 Å². The average molecular weight is 467 g/mol. The fraction of sp³-hybridized carbons (Fsp3) is 0.280.